The fraction of sp³-hybridized carbons (Fsp3) is 0.538. The third-order valence-corrected chi connectivity index (χ3v) is 3.52. The van der Waals surface area contributed by atoms with Crippen molar-refractivity contribution in [3.8, 4) is 0 Å². The van der Waals surface area contributed by atoms with Crippen molar-refractivity contribution in [2.24, 2.45) is 0 Å². The topological polar surface area (TPSA) is 70.8 Å². The van der Waals surface area contributed by atoms with Gasteiger partial charge in [-0.1, -0.05) is 0 Å². The number of rotatable bonds is 3. The van der Waals surface area contributed by atoms with Gasteiger partial charge in [0, 0.05) is 6.54 Å². The summed E-state index contributed by atoms with van der Waals surface area (Å²) in [6.07, 6.45) is 1.35. The van der Waals surface area contributed by atoms with E-state index >= 15 is 0 Å². The predicted molar refractivity (Wildman–Crippen MR) is 64.1 cm³/mol. The molecular formula is C13H17NO4. The Hall–Kier alpha value is -1.78. The lowest BCUT2D eigenvalue weighted by molar-refractivity contribution is -0.155. The van der Waals surface area contributed by atoms with Crippen LogP contribution in [0.4, 0.5) is 0 Å². The number of likely N-dealkylation sites (tertiary alicyclic amines) is 1. The van der Waals surface area contributed by atoms with Crippen LogP contribution in [-0.2, 0) is 16.0 Å². The third-order valence-electron chi connectivity index (χ3n) is 3.52. The number of carboxylic acid groups (broad SMARTS) is 1. The highest BCUT2D eigenvalue weighted by atomic mass is 16.4. The number of nitrogens with zero attached hydrogens (tertiary/aromatic N) is 1. The summed E-state index contributed by atoms with van der Waals surface area (Å²) < 4.78 is 5.35. The Bertz CT molecular complexity index is 479. The van der Waals surface area contributed by atoms with Crippen molar-refractivity contribution in [1.29, 1.82) is 0 Å². The molecule has 5 nitrogen and oxygen atoms in total. The van der Waals surface area contributed by atoms with Crippen LogP contribution in [0, 0.1) is 6.92 Å². The van der Waals surface area contributed by atoms with E-state index in [1.54, 1.807) is 19.1 Å². The molecule has 1 aromatic heterocycles. The Labute approximate surface area is 105 Å². The molecule has 1 aromatic rings. The van der Waals surface area contributed by atoms with Gasteiger partial charge in [-0.25, -0.2) is 4.79 Å². The summed E-state index contributed by atoms with van der Waals surface area (Å²) in [4.78, 5) is 24.9. The van der Waals surface area contributed by atoms with Gasteiger partial charge < -0.3 is 14.4 Å². The van der Waals surface area contributed by atoms with Gasteiger partial charge in [-0.15, -0.1) is 0 Å². The number of carboxylic acids is 1. The molecule has 0 radical (unpaired) electrons. The minimum atomic E-state index is -1.07. The van der Waals surface area contributed by atoms with Gasteiger partial charge in [0.15, 0.2) is 0 Å². The Morgan fingerprint density at radius 3 is 2.78 bits per heavy atom. The standard InChI is InChI=1S/C13H17NO4/c1-9-4-5-10(18-9)8-11(15)14-7-3-6-13(14,2)12(16)17/h4-5H,3,6-8H2,1-2H3,(H,16,17). The van der Waals surface area contributed by atoms with Gasteiger partial charge in [-0.3, -0.25) is 4.79 Å². The number of carbonyl (C=O) groups is 2. The van der Waals surface area contributed by atoms with Crippen LogP contribution in [0.2, 0.25) is 0 Å². The van der Waals surface area contributed by atoms with E-state index in [1.807, 2.05) is 6.92 Å². The number of furan rings is 1. The van der Waals surface area contributed by atoms with Crippen LogP contribution >= 0.6 is 0 Å². The van der Waals surface area contributed by atoms with E-state index in [0.717, 1.165) is 12.2 Å². The van der Waals surface area contributed by atoms with Gasteiger partial charge in [0.2, 0.25) is 5.91 Å². The van der Waals surface area contributed by atoms with Crippen molar-refractivity contribution in [2.75, 3.05) is 6.54 Å². The van der Waals surface area contributed by atoms with E-state index < -0.39 is 11.5 Å². The minimum absolute atomic E-state index is 0.122. The summed E-state index contributed by atoms with van der Waals surface area (Å²) in [5.74, 6) is 0.202. The molecule has 1 amide bonds. The molecule has 0 spiro atoms. The smallest absolute Gasteiger partial charge is 0.329 e. The first-order valence-electron chi connectivity index (χ1n) is 6.02. The molecule has 1 unspecified atom stereocenters. The van der Waals surface area contributed by atoms with Crippen LogP contribution < -0.4 is 0 Å². The first kappa shape index (κ1) is 12.7. The molecule has 0 bridgehead atoms. The van der Waals surface area contributed by atoms with E-state index in [-0.39, 0.29) is 12.3 Å². The molecule has 1 fully saturated rings. The zero-order chi connectivity index (χ0) is 13.3. The number of hydrogen-bond donors (Lipinski definition) is 1. The van der Waals surface area contributed by atoms with Crippen molar-refractivity contribution < 1.29 is 19.1 Å². The minimum Gasteiger partial charge on any atom is -0.480 e. The Morgan fingerprint density at radius 2 is 2.22 bits per heavy atom. The van der Waals surface area contributed by atoms with Gasteiger partial charge in [-0.05, 0) is 38.8 Å². The second-order valence-corrected chi connectivity index (χ2v) is 4.92. The van der Waals surface area contributed by atoms with Gasteiger partial charge in [0.25, 0.3) is 0 Å². The summed E-state index contributed by atoms with van der Waals surface area (Å²) >= 11 is 0. The molecule has 1 atom stereocenters. The molecule has 98 valence electrons. The SMILES string of the molecule is Cc1ccc(CC(=O)N2CCCC2(C)C(=O)O)o1. The third kappa shape index (κ3) is 2.12. The fourth-order valence-electron chi connectivity index (χ4n) is 2.41. The monoisotopic (exact) mass is 251 g/mol. The van der Waals surface area contributed by atoms with Crippen molar-refractivity contribution >= 4 is 11.9 Å². The quantitative estimate of drug-likeness (QED) is 0.885. The van der Waals surface area contributed by atoms with E-state index in [2.05, 4.69) is 0 Å². The first-order chi connectivity index (χ1) is 8.43. The van der Waals surface area contributed by atoms with Crippen molar-refractivity contribution in [3.05, 3.63) is 23.7 Å². The highest BCUT2D eigenvalue weighted by molar-refractivity contribution is 5.88. The number of carbonyl (C=O) groups excluding carboxylic acids is 1. The second-order valence-electron chi connectivity index (χ2n) is 4.92. The van der Waals surface area contributed by atoms with Gasteiger partial charge in [-0.2, -0.15) is 0 Å². The fourth-order valence-corrected chi connectivity index (χ4v) is 2.41. The lowest BCUT2D eigenvalue weighted by Gasteiger charge is -2.31. The molecule has 5 heteroatoms. The zero-order valence-electron chi connectivity index (χ0n) is 10.6. The molecule has 1 saturated heterocycles. The summed E-state index contributed by atoms with van der Waals surface area (Å²) in [5, 5.41) is 9.24. The van der Waals surface area contributed by atoms with Crippen LogP contribution in [0.15, 0.2) is 16.5 Å². The van der Waals surface area contributed by atoms with Crippen molar-refractivity contribution in [3.63, 3.8) is 0 Å². The number of aliphatic carboxylic acids is 1. The van der Waals surface area contributed by atoms with Crippen LogP contribution in [0.3, 0.4) is 0 Å². The van der Waals surface area contributed by atoms with Crippen LogP contribution in [0.25, 0.3) is 0 Å². The molecule has 1 aliphatic heterocycles. The lowest BCUT2D eigenvalue weighted by Crippen LogP contribution is -2.51. The van der Waals surface area contributed by atoms with E-state index in [0.29, 0.717) is 18.7 Å². The Morgan fingerprint density at radius 1 is 1.50 bits per heavy atom. The normalized spacial score (nSPS) is 23.3. The van der Waals surface area contributed by atoms with Crippen LogP contribution in [0.5, 0.6) is 0 Å². The summed E-state index contributed by atoms with van der Waals surface area (Å²) in [6.45, 7) is 3.92. The van der Waals surface area contributed by atoms with Gasteiger partial charge in [0.1, 0.15) is 17.1 Å². The Kier molecular flexibility index (Phi) is 3.15. The number of hydrogen-bond acceptors (Lipinski definition) is 3. The maximum atomic E-state index is 12.1. The maximum Gasteiger partial charge on any atom is 0.329 e. The molecule has 1 aliphatic rings. The predicted octanol–water partition coefficient (Wildman–Crippen LogP) is 1.60. The average molecular weight is 251 g/mol. The van der Waals surface area contributed by atoms with Gasteiger partial charge in [0.05, 0.1) is 6.42 Å². The van der Waals surface area contributed by atoms with E-state index in [4.69, 9.17) is 4.42 Å². The average Bonchev–Trinajstić information content (AvgIpc) is 2.86. The van der Waals surface area contributed by atoms with Crippen molar-refractivity contribution in [2.45, 2.75) is 38.6 Å². The first-order valence-corrected chi connectivity index (χ1v) is 6.02. The number of aryl methyl sites for hydroxylation is 1. The van der Waals surface area contributed by atoms with Crippen LogP contribution in [0.1, 0.15) is 31.3 Å². The molecule has 0 saturated carbocycles. The molecule has 1 N–H and O–H groups in total. The Balaban J connectivity index is 2.11. The molecular weight excluding hydrogens is 234 g/mol. The second kappa shape index (κ2) is 4.48. The highest BCUT2D eigenvalue weighted by Gasteiger charge is 2.45. The molecule has 2 heterocycles. The molecule has 0 aliphatic carbocycles. The molecule has 0 aromatic carbocycles. The van der Waals surface area contributed by atoms with Crippen LogP contribution in [-0.4, -0.2) is 34.0 Å². The molecule has 2 rings (SSSR count). The van der Waals surface area contributed by atoms with E-state index in [9.17, 15) is 14.7 Å². The summed E-state index contributed by atoms with van der Waals surface area (Å²) in [7, 11) is 0. The largest absolute Gasteiger partial charge is 0.480 e. The highest BCUT2D eigenvalue weighted by Crippen LogP contribution is 2.30. The maximum absolute atomic E-state index is 12.1. The van der Waals surface area contributed by atoms with Gasteiger partial charge >= 0.3 is 5.97 Å². The summed E-state index contributed by atoms with van der Waals surface area (Å²) in [6, 6.07) is 3.55. The zero-order valence-corrected chi connectivity index (χ0v) is 10.6. The summed E-state index contributed by atoms with van der Waals surface area (Å²) in [5.41, 5.74) is -1.07. The molecule has 18 heavy (non-hydrogen) atoms. The van der Waals surface area contributed by atoms with Crippen molar-refractivity contribution in [1.82, 2.24) is 4.90 Å². The van der Waals surface area contributed by atoms with E-state index in [1.165, 1.54) is 4.90 Å². The lowest BCUT2D eigenvalue weighted by atomic mass is 9.99. The number of amides is 1.